The molecule has 3 N–H and O–H groups in total. The predicted molar refractivity (Wildman–Crippen MR) is 116 cm³/mol. The highest BCUT2D eigenvalue weighted by Gasteiger charge is 2.16. The summed E-state index contributed by atoms with van der Waals surface area (Å²) in [6.45, 7) is 1.28. The monoisotopic (exact) mass is 461 g/mol. The largest absolute Gasteiger partial charge is 0.376 e. The molecule has 2 amide bonds. The lowest BCUT2D eigenvalue weighted by molar-refractivity contribution is 0.0857. The van der Waals surface area contributed by atoms with Gasteiger partial charge in [-0.15, -0.1) is 0 Å². The maximum atomic E-state index is 12.2. The molecule has 2 aromatic rings. The van der Waals surface area contributed by atoms with Crippen LogP contribution in [0.25, 0.3) is 0 Å². The van der Waals surface area contributed by atoms with E-state index in [2.05, 4.69) is 31.9 Å². The fraction of sp³-hybridized carbons (Fsp3) is 0.250. The number of carbonyl (C=O) groups excluding carboxylic acids is 2. The van der Waals surface area contributed by atoms with Crippen LogP contribution in [0.3, 0.4) is 0 Å². The van der Waals surface area contributed by atoms with Crippen LogP contribution in [0.1, 0.15) is 33.6 Å². The molecule has 28 heavy (non-hydrogen) atoms. The van der Waals surface area contributed by atoms with Crippen molar-refractivity contribution in [3.8, 4) is 0 Å². The minimum Gasteiger partial charge on any atom is -0.376 e. The van der Waals surface area contributed by atoms with Crippen molar-refractivity contribution in [2.45, 2.75) is 18.9 Å². The molecule has 1 atom stereocenters. The van der Waals surface area contributed by atoms with Crippen LogP contribution in [0.4, 0.5) is 5.69 Å². The summed E-state index contributed by atoms with van der Waals surface area (Å²) in [5.74, 6) is -0.441. The van der Waals surface area contributed by atoms with E-state index in [-0.39, 0.29) is 23.0 Å². The van der Waals surface area contributed by atoms with Gasteiger partial charge >= 0.3 is 0 Å². The van der Waals surface area contributed by atoms with Crippen LogP contribution in [0, 0.1) is 0 Å². The molecule has 0 aromatic heterocycles. The molecule has 6 nitrogen and oxygen atoms in total. The minimum atomic E-state index is -0.296. The molecule has 3 rings (SSSR count). The molecule has 1 aliphatic rings. The van der Waals surface area contributed by atoms with Crippen LogP contribution in [0.15, 0.2) is 53.0 Å². The number of benzene rings is 2. The zero-order chi connectivity index (χ0) is 19.9. The molecule has 1 unspecified atom stereocenters. The molecular formula is C20H20BrN3O3S. The van der Waals surface area contributed by atoms with Crippen molar-refractivity contribution in [1.29, 1.82) is 0 Å². The number of ether oxygens (including phenoxy) is 1. The Morgan fingerprint density at radius 3 is 2.32 bits per heavy atom. The van der Waals surface area contributed by atoms with E-state index in [1.807, 2.05) is 0 Å². The van der Waals surface area contributed by atoms with E-state index in [1.165, 1.54) is 0 Å². The second-order valence-electron chi connectivity index (χ2n) is 6.34. The van der Waals surface area contributed by atoms with Crippen molar-refractivity contribution >= 4 is 50.8 Å². The van der Waals surface area contributed by atoms with Gasteiger partial charge in [0.05, 0.1) is 6.10 Å². The van der Waals surface area contributed by atoms with Crippen LogP contribution in [0.2, 0.25) is 0 Å². The van der Waals surface area contributed by atoms with Gasteiger partial charge in [0.2, 0.25) is 0 Å². The molecule has 1 saturated heterocycles. The lowest BCUT2D eigenvalue weighted by atomic mass is 10.2. The number of rotatable bonds is 5. The number of nitrogens with one attached hydrogen (secondary N) is 3. The molecule has 1 fully saturated rings. The third kappa shape index (κ3) is 5.85. The summed E-state index contributed by atoms with van der Waals surface area (Å²) >= 11 is 8.51. The maximum Gasteiger partial charge on any atom is 0.257 e. The molecule has 0 aliphatic carbocycles. The Morgan fingerprint density at radius 2 is 1.68 bits per heavy atom. The van der Waals surface area contributed by atoms with Gasteiger partial charge in [-0.05, 0) is 73.6 Å². The standard InChI is InChI=1S/C20H20BrN3O3S/c21-15-7-3-14(4-8-15)19(26)24-20(28)23-16-9-5-13(6-10-16)18(25)22-12-17-2-1-11-27-17/h3-10,17H,1-2,11-12H2,(H,22,25)(H2,23,24,26,28). The van der Waals surface area contributed by atoms with E-state index in [9.17, 15) is 9.59 Å². The Labute approximate surface area is 177 Å². The number of halogens is 1. The number of amides is 2. The molecule has 1 heterocycles. The lowest BCUT2D eigenvalue weighted by Gasteiger charge is -2.12. The maximum absolute atomic E-state index is 12.2. The summed E-state index contributed by atoms with van der Waals surface area (Å²) in [6.07, 6.45) is 2.13. The van der Waals surface area contributed by atoms with Gasteiger partial charge in [-0.1, -0.05) is 15.9 Å². The number of carbonyl (C=O) groups is 2. The van der Waals surface area contributed by atoms with Crippen LogP contribution in [-0.4, -0.2) is 36.2 Å². The van der Waals surface area contributed by atoms with Crippen molar-refractivity contribution < 1.29 is 14.3 Å². The molecule has 0 radical (unpaired) electrons. The summed E-state index contributed by atoms with van der Waals surface area (Å²) in [5.41, 5.74) is 1.73. The van der Waals surface area contributed by atoms with Crippen molar-refractivity contribution in [3.05, 3.63) is 64.1 Å². The first-order valence-corrected chi connectivity index (χ1v) is 10.1. The van der Waals surface area contributed by atoms with Gasteiger partial charge in [0.15, 0.2) is 5.11 Å². The lowest BCUT2D eigenvalue weighted by Crippen LogP contribution is -2.34. The molecule has 8 heteroatoms. The quantitative estimate of drug-likeness (QED) is 0.593. The zero-order valence-electron chi connectivity index (χ0n) is 15.0. The van der Waals surface area contributed by atoms with Crippen LogP contribution in [-0.2, 0) is 4.74 Å². The Bertz CT molecular complexity index is 850. The third-order valence-electron chi connectivity index (χ3n) is 4.25. The van der Waals surface area contributed by atoms with E-state index in [4.69, 9.17) is 17.0 Å². The summed E-state index contributed by atoms with van der Waals surface area (Å²) in [5, 5.41) is 8.62. The molecule has 146 valence electrons. The van der Waals surface area contributed by atoms with Crippen molar-refractivity contribution in [3.63, 3.8) is 0 Å². The van der Waals surface area contributed by atoms with Gasteiger partial charge in [0.1, 0.15) is 0 Å². The van der Waals surface area contributed by atoms with Gasteiger partial charge in [-0.25, -0.2) is 0 Å². The average Bonchev–Trinajstić information content (AvgIpc) is 3.20. The van der Waals surface area contributed by atoms with Crippen molar-refractivity contribution in [2.24, 2.45) is 0 Å². The Kier molecular flexibility index (Phi) is 7.13. The molecule has 2 aromatic carbocycles. The Balaban J connectivity index is 1.48. The molecule has 0 saturated carbocycles. The highest BCUT2D eigenvalue weighted by Crippen LogP contribution is 2.13. The van der Waals surface area contributed by atoms with Crippen LogP contribution in [0.5, 0.6) is 0 Å². The molecule has 1 aliphatic heterocycles. The summed E-state index contributed by atoms with van der Waals surface area (Å²) in [4.78, 5) is 24.4. The smallest absolute Gasteiger partial charge is 0.257 e. The van der Waals surface area contributed by atoms with Gasteiger partial charge in [-0.3, -0.25) is 14.9 Å². The van der Waals surface area contributed by atoms with E-state index < -0.39 is 0 Å². The number of hydrogen-bond donors (Lipinski definition) is 3. The third-order valence-corrected chi connectivity index (χ3v) is 4.99. The second kappa shape index (κ2) is 9.77. The summed E-state index contributed by atoms with van der Waals surface area (Å²) in [6, 6.07) is 13.8. The number of thiocarbonyl (C=S) groups is 1. The average molecular weight is 462 g/mol. The van der Waals surface area contributed by atoms with Gasteiger partial charge in [0, 0.05) is 34.4 Å². The van der Waals surface area contributed by atoms with Gasteiger partial charge in [0.25, 0.3) is 11.8 Å². The fourth-order valence-corrected chi connectivity index (χ4v) is 3.23. The molecule has 0 spiro atoms. The number of anilines is 1. The first-order valence-electron chi connectivity index (χ1n) is 8.89. The zero-order valence-corrected chi connectivity index (χ0v) is 17.4. The summed E-state index contributed by atoms with van der Waals surface area (Å²) < 4.78 is 6.39. The van der Waals surface area contributed by atoms with Crippen LogP contribution < -0.4 is 16.0 Å². The van der Waals surface area contributed by atoms with Crippen molar-refractivity contribution in [1.82, 2.24) is 10.6 Å². The fourth-order valence-electron chi connectivity index (χ4n) is 2.76. The molecular weight excluding hydrogens is 442 g/mol. The first kappa shape index (κ1) is 20.4. The highest BCUT2D eigenvalue weighted by molar-refractivity contribution is 9.10. The normalized spacial score (nSPS) is 15.7. The summed E-state index contributed by atoms with van der Waals surface area (Å²) in [7, 11) is 0. The minimum absolute atomic E-state index is 0.108. The van der Waals surface area contributed by atoms with E-state index in [0.29, 0.717) is 23.4 Å². The molecule has 0 bridgehead atoms. The SMILES string of the molecule is O=C(NCC1CCCO1)c1ccc(NC(=S)NC(=O)c2ccc(Br)cc2)cc1. The van der Waals surface area contributed by atoms with E-state index in [1.54, 1.807) is 48.5 Å². The number of hydrogen-bond acceptors (Lipinski definition) is 4. The van der Waals surface area contributed by atoms with Crippen LogP contribution >= 0.6 is 28.1 Å². The topological polar surface area (TPSA) is 79.5 Å². The van der Waals surface area contributed by atoms with Crippen molar-refractivity contribution in [2.75, 3.05) is 18.5 Å². The first-order chi connectivity index (χ1) is 13.5. The van der Waals surface area contributed by atoms with E-state index >= 15 is 0 Å². The van der Waals surface area contributed by atoms with Gasteiger partial charge in [-0.2, -0.15) is 0 Å². The second-order valence-corrected chi connectivity index (χ2v) is 7.66. The Hall–Kier alpha value is -2.29. The Morgan fingerprint density at radius 1 is 1.04 bits per heavy atom. The predicted octanol–water partition coefficient (Wildman–Crippen LogP) is 3.48. The van der Waals surface area contributed by atoms with Gasteiger partial charge < -0.3 is 15.4 Å². The van der Waals surface area contributed by atoms with E-state index in [0.717, 1.165) is 23.9 Å². The highest BCUT2D eigenvalue weighted by atomic mass is 79.9.